The molecule has 0 heterocycles. The minimum absolute atomic E-state index is 0.0373. The number of hydrogen-bond donors (Lipinski definition) is 2. The molecule has 1 amide bonds. The Kier molecular flexibility index (Phi) is 26.0. The molecule has 32 heavy (non-hydrogen) atoms. The first-order valence-corrected chi connectivity index (χ1v) is 12.1. The zero-order chi connectivity index (χ0) is 24.5. The highest BCUT2D eigenvalue weighted by atomic mass is 35.5. The molecule has 0 aromatic heterocycles. The number of halogens is 1. The summed E-state index contributed by atoms with van der Waals surface area (Å²) in [5, 5.41) is 10.6. The summed E-state index contributed by atoms with van der Waals surface area (Å²) in [5.74, 6) is -0.850. The lowest BCUT2D eigenvalue weighted by Crippen LogP contribution is -2.24. The first kappa shape index (κ1) is 32.5. The number of ether oxygens (including phenoxy) is 1. The van der Waals surface area contributed by atoms with Gasteiger partial charge in [0.2, 0.25) is 11.1 Å². The lowest BCUT2D eigenvalue weighted by Gasteiger charge is -2.05. The number of hydrogen-bond acceptors (Lipinski definition) is 7. The van der Waals surface area contributed by atoms with Crippen molar-refractivity contribution in [1.29, 1.82) is 0 Å². The Morgan fingerprint density at radius 3 is 1.75 bits per heavy atom. The van der Waals surface area contributed by atoms with Crippen LogP contribution in [0.5, 0.6) is 0 Å². The average Bonchev–Trinajstić information content (AvgIpc) is 2.78. The number of unbranched alkanes of at least 4 members (excludes halogenated alkanes) is 9. The van der Waals surface area contributed by atoms with Gasteiger partial charge in [0, 0.05) is 32.2 Å². The molecule has 0 aromatic carbocycles. The summed E-state index contributed by atoms with van der Waals surface area (Å²) in [4.78, 5) is 46.4. The third-order valence-electron chi connectivity index (χ3n) is 4.72. The zero-order valence-electron chi connectivity index (χ0n) is 19.8. The van der Waals surface area contributed by atoms with Gasteiger partial charge in [0.05, 0.1) is 7.11 Å². The van der Waals surface area contributed by atoms with Gasteiger partial charge in [-0.25, -0.2) is 4.79 Å². The second kappa shape index (κ2) is 25.6. The van der Waals surface area contributed by atoms with E-state index in [0.717, 1.165) is 13.0 Å². The van der Waals surface area contributed by atoms with Crippen molar-refractivity contribution in [3.63, 3.8) is 0 Å². The van der Waals surface area contributed by atoms with Crippen molar-refractivity contribution in [1.82, 2.24) is 5.32 Å². The minimum atomic E-state index is -0.644. The summed E-state index contributed by atoms with van der Waals surface area (Å²) in [6, 6.07) is 0. The lowest BCUT2D eigenvalue weighted by atomic mass is 10.1. The van der Waals surface area contributed by atoms with Crippen LogP contribution < -0.4 is 5.32 Å². The molecular weight excluding hydrogens is 438 g/mol. The topological polar surface area (TPSA) is 119 Å². The molecule has 0 radical (unpaired) electrons. The van der Waals surface area contributed by atoms with Crippen molar-refractivity contribution in [2.75, 3.05) is 13.7 Å². The lowest BCUT2D eigenvalue weighted by molar-refractivity contribution is -0.234. The number of nitrogens with one attached hydrogen (secondary N) is 1. The van der Waals surface area contributed by atoms with Gasteiger partial charge in [-0.15, -0.1) is 0 Å². The van der Waals surface area contributed by atoms with Crippen LogP contribution >= 0.6 is 11.6 Å². The number of carbonyl (C=O) groups excluding carboxylic acids is 4. The van der Waals surface area contributed by atoms with Crippen LogP contribution in [0.25, 0.3) is 0 Å². The van der Waals surface area contributed by atoms with Crippen LogP contribution in [0.2, 0.25) is 0 Å². The fourth-order valence-electron chi connectivity index (χ4n) is 2.81. The maximum absolute atomic E-state index is 11.5. The Labute approximate surface area is 197 Å². The highest BCUT2D eigenvalue weighted by Gasteiger charge is 2.04. The van der Waals surface area contributed by atoms with Crippen molar-refractivity contribution in [3.05, 3.63) is 0 Å². The van der Waals surface area contributed by atoms with Gasteiger partial charge >= 0.3 is 11.9 Å². The second-order valence-corrected chi connectivity index (χ2v) is 8.06. The predicted molar refractivity (Wildman–Crippen MR) is 124 cm³/mol. The number of rotatable bonds is 19. The standard InChI is InChI=1S/C16H31NO4.C7H11ClO3/c1-2-3-4-5-6-7-8-11-14-17-15(18)12-9-10-13-16(19)21-20;1-11-7(10)5-3-2-4-6(8)9/h20H,2-14H2,1H3,(H,17,18);2-5H2,1H3. The summed E-state index contributed by atoms with van der Waals surface area (Å²) in [6.45, 7) is 2.97. The minimum Gasteiger partial charge on any atom is -0.469 e. The SMILES string of the molecule is CCCCCCCCCCNC(=O)CCCCC(=O)OO.COC(=O)CCCCC(=O)Cl. The Hall–Kier alpha value is -1.67. The molecule has 0 fully saturated rings. The molecule has 188 valence electrons. The van der Waals surface area contributed by atoms with E-state index in [1.165, 1.54) is 52.1 Å². The average molecular weight is 480 g/mol. The smallest absolute Gasteiger partial charge is 0.342 e. The van der Waals surface area contributed by atoms with Crippen molar-refractivity contribution in [2.45, 2.75) is 110 Å². The summed E-state index contributed by atoms with van der Waals surface area (Å²) in [7, 11) is 1.34. The fraction of sp³-hybridized carbons (Fsp3) is 0.826. The van der Waals surface area contributed by atoms with Gasteiger partial charge in [0.15, 0.2) is 0 Å². The van der Waals surface area contributed by atoms with E-state index in [1.54, 1.807) is 0 Å². The second-order valence-electron chi connectivity index (χ2n) is 7.63. The number of methoxy groups -OCH3 is 1. The maximum Gasteiger partial charge on any atom is 0.342 e. The van der Waals surface area contributed by atoms with E-state index in [4.69, 9.17) is 16.9 Å². The van der Waals surface area contributed by atoms with Crippen molar-refractivity contribution >= 4 is 34.7 Å². The van der Waals surface area contributed by atoms with Crippen LogP contribution in [0.15, 0.2) is 0 Å². The zero-order valence-corrected chi connectivity index (χ0v) is 20.6. The van der Waals surface area contributed by atoms with Crippen LogP contribution in [-0.2, 0) is 28.8 Å². The van der Waals surface area contributed by atoms with Crippen LogP contribution in [0.3, 0.4) is 0 Å². The largest absolute Gasteiger partial charge is 0.469 e. The highest BCUT2D eigenvalue weighted by Crippen LogP contribution is 2.08. The summed E-state index contributed by atoms with van der Waals surface area (Å²) in [5.41, 5.74) is 0. The normalized spacial score (nSPS) is 10.0. The Balaban J connectivity index is 0. The van der Waals surface area contributed by atoms with E-state index in [1.807, 2.05) is 0 Å². The molecule has 0 atom stereocenters. The van der Waals surface area contributed by atoms with Crippen LogP contribution in [-0.4, -0.2) is 42.0 Å². The van der Waals surface area contributed by atoms with Crippen LogP contribution in [0, 0.1) is 0 Å². The van der Waals surface area contributed by atoms with E-state index in [9.17, 15) is 19.2 Å². The molecule has 0 saturated carbocycles. The van der Waals surface area contributed by atoms with Crippen LogP contribution in [0.4, 0.5) is 0 Å². The first-order chi connectivity index (χ1) is 15.4. The van der Waals surface area contributed by atoms with Gasteiger partial charge in [-0.3, -0.25) is 14.4 Å². The Morgan fingerprint density at radius 1 is 0.719 bits per heavy atom. The van der Waals surface area contributed by atoms with Crippen molar-refractivity contribution in [3.8, 4) is 0 Å². The molecular formula is C23H42ClNO7. The molecule has 0 aliphatic rings. The Bertz CT molecular complexity index is 501. The van der Waals surface area contributed by atoms with E-state index < -0.39 is 5.97 Å². The van der Waals surface area contributed by atoms with E-state index in [0.29, 0.717) is 44.9 Å². The third-order valence-corrected chi connectivity index (χ3v) is 4.91. The van der Waals surface area contributed by atoms with Gasteiger partial charge < -0.3 is 14.9 Å². The fourth-order valence-corrected chi connectivity index (χ4v) is 2.94. The maximum atomic E-state index is 11.5. The molecule has 0 aromatic rings. The molecule has 9 heteroatoms. The molecule has 0 saturated heterocycles. The van der Waals surface area contributed by atoms with E-state index >= 15 is 0 Å². The summed E-state index contributed by atoms with van der Waals surface area (Å²) < 4.78 is 4.40. The summed E-state index contributed by atoms with van der Waals surface area (Å²) in [6.07, 6.45) is 13.8. The summed E-state index contributed by atoms with van der Waals surface area (Å²) >= 11 is 5.07. The number of amides is 1. The molecule has 0 aliphatic carbocycles. The van der Waals surface area contributed by atoms with E-state index in [2.05, 4.69) is 21.9 Å². The molecule has 0 rings (SSSR count). The molecule has 8 nitrogen and oxygen atoms in total. The van der Waals surface area contributed by atoms with Gasteiger partial charge in [-0.2, -0.15) is 5.26 Å². The molecule has 0 unspecified atom stereocenters. The number of carbonyl (C=O) groups is 4. The molecule has 0 bridgehead atoms. The third kappa shape index (κ3) is 28.3. The van der Waals surface area contributed by atoms with Gasteiger partial charge in [0.1, 0.15) is 0 Å². The van der Waals surface area contributed by atoms with Gasteiger partial charge in [-0.05, 0) is 43.7 Å². The molecule has 2 N–H and O–H groups in total. The van der Waals surface area contributed by atoms with E-state index in [-0.39, 0.29) is 23.5 Å². The number of esters is 1. The first-order valence-electron chi connectivity index (χ1n) is 11.7. The van der Waals surface area contributed by atoms with Crippen molar-refractivity contribution < 1.29 is 34.1 Å². The predicted octanol–water partition coefficient (Wildman–Crippen LogP) is 5.31. The monoisotopic (exact) mass is 479 g/mol. The molecule has 0 aliphatic heterocycles. The Morgan fingerprint density at radius 2 is 1.22 bits per heavy atom. The van der Waals surface area contributed by atoms with Gasteiger partial charge in [-0.1, -0.05) is 51.9 Å². The molecule has 0 spiro atoms. The quantitative estimate of drug-likeness (QED) is 0.0847. The van der Waals surface area contributed by atoms with Crippen molar-refractivity contribution in [2.24, 2.45) is 0 Å². The van der Waals surface area contributed by atoms with Gasteiger partial charge in [0.25, 0.3) is 0 Å². The highest BCUT2D eigenvalue weighted by molar-refractivity contribution is 6.63. The van der Waals surface area contributed by atoms with Crippen LogP contribution in [0.1, 0.15) is 110 Å².